The van der Waals surface area contributed by atoms with E-state index in [1.807, 2.05) is 91.0 Å². The number of oxime groups is 1. The zero-order valence-electron chi connectivity index (χ0n) is 26.4. The molecule has 4 aromatic rings. The van der Waals surface area contributed by atoms with Crippen molar-refractivity contribution in [2.75, 3.05) is 24.8 Å². The van der Waals surface area contributed by atoms with Gasteiger partial charge in [-0.25, -0.2) is 4.79 Å². The molecule has 1 fully saturated rings. The number of carbonyl (C=O) groups excluding carboxylic acids is 3. The summed E-state index contributed by atoms with van der Waals surface area (Å²) in [4.78, 5) is 56.2. The average molecular weight is 682 g/mol. The molecular formula is C35H31N5O8S. The molecule has 13 nitrogen and oxygen atoms in total. The van der Waals surface area contributed by atoms with Crippen molar-refractivity contribution in [1.29, 1.82) is 0 Å². The Morgan fingerprint density at radius 2 is 1.57 bits per heavy atom. The molecule has 6 rings (SSSR count). The van der Waals surface area contributed by atoms with E-state index in [0.717, 1.165) is 21.6 Å². The van der Waals surface area contributed by atoms with Crippen LogP contribution in [0.15, 0.2) is 118 Å². The zero-order valence-corrected chi connectivity index (χ0v) is 27.2. The first-order valence-electron chi connectivity index (χ1n) is 15.1. The maximum Gasteiger partial charge on any atom is 0.352 e. The summed E-state index contributed by atoms with van der Waals surface area (Å²) >= 11 is 1.23. The van der Waals surface area contributed by atoms with E-state index < -0.39 is 40.7 Å². The maximum atomic E-state index is 13.6. The highest BCUT2D eigenvalue weighted by Crippen LogP contribution is 2.41. The van der Waals surface area contributed by atoms with Crippen molar-refractivity contribution in [2.24, 2.45) is 5.16 Å². The number of rotatable bonds is 12. The first kappa shape index (κ1) is 33.0. The van der Waals surface area contributed by atoms with E-state index in [9.17, 15) is 24.3 Å². The molecule has 0 bridgehead atoms. The van der Waals surface area contributed by atoms with Gasteiger partial charge in [-0.2, -0.15) is 0 Å². The maximum absolute atomic E-state index is 13.6. The standard InChI is InChI=1S/C35H31N5O8S/c1-21(41)47-19-22-20-49-33-29(32(43)40(33)30(22)34(44)45)36-31(42)28(39-46-2)26-18-27(38-48-26)37-35(23-12-6-3-7-13-23,24-14-8-4-9-15-24)25-16-10-5-11-17-25/h3-18,29,33H,19-20H2,1-2H3,(H,36,42)(H,37,38)(H,44,45)/t29?,33-/m0/s1. The third kappa shape index (κ3) is 6.37. The van der Waals surface area contributed by atoms with E-state index in [1.54, 1.807) is 0 Å². The number of fused-ring (bicyclic) bond motifs is 1. The van der Waals surface area contributed by atoms with Gasteiger partial charge in [-0.3, -0.25) is 19.3 Å². The Balaban J connectivity index is 1.27. The van der Waals surface area contributed by atoms with Crippen LogP contribution in [0.5, 0.6) is 0 Å². The number of nitrogens with one attached hydrogen (secondary N) is 2. The van der Waals surface area contributed by atoms with Crippen LogP contribution >= 0.6 is 11.8 Å². The Hall–Kier alpha value is -5.89. The van der Waals surface area contributed by atoms with Crippen molar-refractivity contribution in [3.8, 4) is 0 Å². The molecule has 3 aromatic carbocycles. The fourth-order valence-electron chi connectivity index (χ4n) is 5.90. The quantitative estimate of drug-likeness (QED) is 0.0654. The molecule has 2 aliphatic rings. The number of anilines is 1. The number of hydrogen-bond acceptors (Lipinski definition) is 11. The van der Waals surface area contributed by atoms with Crippen LogP contribution in [0.25, 0.3) is 0 Å². The minimum atomic E-state index is -1.34. The second-order valence-corrected chi connectivity index (χ2v) is 12.2. The monoisotopic (exact) mass is 681 g/mol. The molecule has 250 valence electrons. The summed E-state index contributed by atoms with van der Waals surface area (Å²) in [6.45, 7) is 0.948. The van der Waals surface area contributed by atoms with Crippen molar-refractivity contribution >= 4 is 47.0 Å². The number of nitrogens with zero attached hydrogens (tertiary/aromatic N) is 3. The molecule has 0 spiro atoms. The highest BCUT2D eigenvalue weighted by Gasteiger charge is 2.54. The lowest BCUT2D eigenvalue weighted by Gasteiger charge is -2.49. The average Bonchev–Trinajstić information content (AvgIpc) is 3.59. The topological polar surface area (TPSA) is 173 Å². The van der Waals surface area contributed by atoms with Crippen molar-refractivity contribution in [1.82, 2.24) is 15.4 Å². The number of esters is 1. The van der Waals surface area contributed by atoms with Gasteiger partial charge in [-0.15, -0.1) is 11.8 Å². The fraction of sp³-hybridized carbons (Fsp3) is 0.200. The molecule has 2 amide bonds. The summed E-state index contributed by atoms with van der Waals surface area (Å²) in [5.74, 6) is -2.93. The first-order valence-corrected chi connectivity index (χ1v) is 16.2. The normalized spacial score (nSPS) is 17.5. The molecule has 0 aliphatic carbocycles. The number of thioether (sulfide) groups is 1. The fourth-order valence-corrected chi connectivity index (χ4v) is 7.23. The Morgan fingerprint density at radius 1 is 1.00 bits per heavy atom. The molecular weight excluding hydrogens is 650 g/mol. The van der Waals surface area contributed by atoms with Gasteiger partial charge in [-0.05, 0) is 16.7 Å². The predicted molar refractivity (Wildman–Crippen MR) is 179 cm³/mol. The van der Waals surface area contributed by atoms with Crippen molar-refractivity contribution < 1.29 is 38.4 Å². The van der Waals surface area contributed by atoms with Crippen molar-refractivity contribution in [2.45, 2.75) is 23.9 Å². The number of carboxylic acid groups (broad SMARTS) is 1. The van der Waals surface area contributed by atoms with Crippen LogP contribution in [0.4, 0.5) is 5.82 Å². The van der Waals surface area contributed by atoms with Crippen LogP contribution in [0.3, 0.4) is 0 Å². The van der Waals surface area contributed by atoms with Gasteiger partial charge in [0.25, 0.3) is 11.8 Å². The third-order valence-electron chi connectivity index (χ3n) is 8.06. The zero-order chi connectivity index (χ0) is 34.5. The second kappa shape index (κ2) is 14.1. The molecule has 0 radical (unpaired) electrons. The smallest absolute Gasteiger partial charge is 0.352 e. The number of aromatic nitrogens is 1. The Morgan fingerprint density at radius 3 is 2.08 bits per heavy atom. The van der Waals surface area contributed by atoms with Gasteiger partial charge < -0.3 is 29.8 Å². The van der Waals surface area contributed by atoms with E-state index in [4.69, 9.17) is 14.1 Å². The Bertz CT molecular complexity index is 1830. The highest BCUT2D eigenvalue weighted by molar-refractivity contribution is 8.00. The number of hydrogen-bond donors (Lipinski definition) is 3. The lowest BCUT2D eigenvalue weighted by atomic mass is 9.77. The Kier molecular flexibility index (Phi) is 9.49. The number of amides is 2. The number of carbonyl (C=O) groups is 4. The summed E-state index contributed by atoms with van der Waals surface area (Å²) < 4.78 is 10.6. The molecule has 3 N–H and O–H groups in total. The molecule has 3 heterocycles. The number of β-lactam (4-membered cyclic amide) rings is 1. The number of ether oxygens (including phenoxy) is 1. The summed E-state index contributed by atoms with van der Waals surface area (Å²) in [7, 11) is 1.26. The minimum absolute atomic E-state index is 0.0420. The molecule has 14 heteroatoms. The number of aliphatic carboxylic acids is 1. The summed E-state index contributed by atoms with van der Waals surface area (Å²) in [6.07, 6.45) is 0. The SMILES string of the molecule is CON=C(C(=O)NC1C(=O)N2C(C(=O)O)=C(COC(C)=O)CS[C@@H]12)c1cc(NC(c2ccccc2)(c2ccccc2)c2ccccc2)no1. The van der Waals surface area contributed by atoms with Crippen molar-refractivity contribution in [3.63, 3.8) is 0 Å². The predicted octanol–water partition coefficient (Wildman–Crippen LogP) is 3.73. The first-order chi connectivity index (χ1) is 23.7. The number of carboxylic acids is 1. The molecule has 2 aliphatic heterocycles. The van der Waals surface area contributed by atoms with Gasteiger partial charge >= 0.3 is 11.9 Å². The van der Waals surface area contributed by atoms with Crippen LogP contribution in [0.1, 0.15) is 29.4 Å². The Labute approximate surface area is 284 Å². The van der Waals surface area contributed by atoms with E-state index >= 15 is 0 Å². The summed E-state index contributed by atoms with van der Waals surface area (Å²) in [5.41, 5.74) is 1.56. The van der Waals surface area contributed by atoms with Crippen LogP contribution in [-0.2, 0) is 34.3 Å². The molecule has 49 heavy (non-hydrogen) atoms. The van der Waals surface area contributed by atoms with Gasteiger partial charge in [0, 0.05) is 24.3 Å². The molecule has 1 aromatic heterocycles. The largest absolute Gasteiger partial charge is 0.477 e. The third-order valence-corrected chi connectivity index (χ3v) is 9.40. The van der Waals surface area contributed by atoms with Gasteiger partial charge in [0.05, 0.1) is 0 Å². The lowest BCUT2D eigenvalue weighted by molar-refractivity contribution is -0.150. The van der Waals surface area contributed by atoms with E-state index in [2.05, 4.69) is 20.9 Å². The number of benzene rings is 3. The van der Waals surface area contributed by atoms with Gasteiger partial charge in [0.2, 0.25) is 5.71 Å². The van der Waals surface area contributed by atoms with Gasteiger partial charge in [0.1, 0.15) is 36.4 Å². The summed E-state index contributed by atoms with van der Waals surface area (Å²) in [6, 6.07) is 30.0. The van der Waals surface area contributed by atoms with E-state index in [1.165, 1.54) is 31.9 Å². The van der Waals surface area contributed by atoms with Crippen LogP contribution < -0.4 is 10.6 Å². The van der Waals surface area contributed by atoms with Crippen molar-refractivity contribution in [3.05, 3.63) is 131 Å². The molecule has 1 unspecified atom stereocenters. The van der Waals surface area contributed by atoms with E-state index in [-0.39, 0.29) is 40.9 Å². The van der Waals surface area contributed by atoms with Crippen LogP contribution in [0, 0.1) is 0 Å². The molecule has 0 saturated carbocycles. The molecule has 2 atom stereocenters. The minimum Gasteiger partial charge on any atom is -0.477 e. The van der Waals surface area contributed by atoms with E-state index in [0.29, 0.717) is 0 Å². The lowest BCUT2D eigenvalue weighted by Crippen LogP contribution is -2.71. The summed E-state index contributed by atoms with van der Waals surface area (Å²) in [5, 5.41) is 23.4. The highest BCUT2D eigenvalue weighted by atomic mass is 32.2. The van der Waals surface area contributed by atoms with Gasteiger partial charge in [-0.1, -0.05) is 101 Å². The van der Waals surface area contributed by atoms with Crippen LogP contribution in [-0.4, -0.2) is 75.5 Å². The molecule has 1 saturated heterocycles. The van der Waals surface area contributed by atoms with Gasteiger partial charge in [0.15, 0.2) is 11.6 Å². The second-order valence-electron chi connectivity index (χ2n) is 11.1. The van der Waals surface area contributed by atoms with Crippen LogP contribution in [0.2, 0.25) is 0 Å².